The Labute approximate surface area is 99.8 Å². The lowest BCUT2D eigenvalue weighted by Crippen LogP contribution is -2.45. The van der Waals surface area contributed by atoms with Gasteiger partial charge in [-0.1, -0.05) is 18.0 Å². The minimum Gasteiger partial charge on any atom is -0.353 e. The van der Waals surface area contributed by atoms with Crippen molar-refractivity contribution >= 4 is 5.96 Å². The molecule has 0 bridgehead atoms. The third-order valence-electron chi connectivity index (χ3n) is 2.84. The molecule has 0 spiro atoms. The average molecular weight is 238 g/mol. The maximum atomic E-state index is 5.42. The lowest BCUT2D eigenvalue weighted by Gasteiger charge is -2.14. The van der Waals surface area contributed by atoms with Crippen molar-refractivity contribution in [2.45, 2.75) is 38.1 Å². The number of guanidine groups is 1. The van der Waals surface area contributed by atoms with Crippen LogP contribution in [-0.4, -0.2) is 28.7 Å². The molecule has 1 aromatic heterocycles. The fraction of sp³-hybridized carbons (Fsp3) is 0.700. The zero-order valence-corrected chi connectivity index (χ0v) is 9.72. The lowest BCUT2D eigenvalue weighted by molar-refractivity contribution is 0.379. The van der Waals surface area contributed by atoms with Gasteiger partial charge in [-0.15, -0.1) is 0 Å². The van der Waals surface area contributed by atoms with Crippen LogP contribution in [0.25, 0.3) is 0 Å². The summed E-state index contributed by atoms with van der Waals surface area (Å²) in [6.07, 6.45) is 6.93. The predicted molar refractivity (Wildman–Crippen MR) is 63.0 cm³/mol. The number of aliphatic imine (C=N–C) groups is 1. The highest BCUT2D eigenvalue weighted by Gasteiger charge is 2.15. The number of rotatable bonds is 4. The van der Waals surface area contributed by atoms with Crippen LogP contribution in [0.4, 0.5) is 0 Å². The van der Waals surface area contributed by atoms with Crippen molar-refractivity contribution in [2.24, 2.45) is 10.8 Å². The minimum atomic E-state index is 0.494. The number of aromatic nitrogens is 2. The molecule has 2 rings (SSSR count). The van der Waals surface area contributed by atoms with Crippen LogP contribution in [-0.2, 0) is 6.42 Å². The van der Waals surface area contributed by atoms with E-state index >= 15 is 0 Å². The topological polar surface area (TPSA) is 101 Å². The van der Waals surface area contributed by atoms with Crippen LogP contribution in [0.1, 0.15) is 31.6 Å². The molecule has 4 N–H and O–H groups in total. The SMILES string of the molecule is NNC(=NCCc1ncno1)NC1CCCC1. The molecule has 0 unspecified atom stereocenters. The molecule has 1 aromatic rings. The number of hydrazine groups is 1. The maximum absolute atomic E-state index is 5.42. The summed E-state index contributed by atoms with van der Waals surface area (Å²) in [7, 11) is 0. The smallest absolute Gasteiger partial charge is 0.228 e. The van der Waals surface area contributed by atoms with Crippen LogP contribution in [0.2, 0.25) is 0 Å². The van der Waals surface area contributed by atoms with Crippen molar-refractivity contribution in [1.82, 2.24) is 20.9 Å². The van der Waals surface area contributed by atoms with E-state index in [1.165, 1.54) is 32.0 Å². The van der Waals surface area contributed by atoms with Gasteiger partial charge in [0.1, 0.15) is 0 Å². The second-order valence-electron chi connectivity index (χ2n) is 4.09. The van der Waals surface area contributed by atoms with E-state index in [1.54, 1.807) is 0 Å². The van der Waals surface area contributed by atoms with Crippen molar-refractivity contribution in [2.75, 3.05) is 6.54 Å². The standard InChI is InChI=1S/C10H18N6O/c11-16-10(15-8-3-1-2-4-8)12-6-5-9-13-7-14-17-9/h7-8H,1-6,11H2,(H2,12,15,16). The van der Waals surface area contributed by atoms with Gasteiger partial charge in [-0.2, -0.15) is 4.98 Å². The first kappa shape index (κ1) is 11.8. The Morgan fingerprint density at radius 2 is 2.35 bits per heavy atom. The molecule has 0 atom stereocenters. The van der Waals surface area contributed by atoms with Gasteiger partial charge in [0.2, 0.25) is 11.9 Å². The Kier molecular flexibility index (Phi) is 4.31. The monoisotopic (exact) mass is 238 g/mol. The molecule has 94 valence electrons. The van der Waals surface area contributed by atoms with E-state index in [-0.39, 0.29) is 0 Å². The highest BCUT2D eigenvalue weighted by atomic mass is 16.5. The van der Waals surface area contributed by atoms with E-state index in [2.05, 4.69) is 25.9 Å². The van der Waals surface area contributed by atoms with Crippen molar-refractivity contribution in [1.29, 1.82) is 0 Å². The van der Waals surface area contributed by atoms with Gasteiger partial charge >= 0.3 is 0 Å². The molecule has 0 aliphatic heterocycles. The number of nitrogens with zero attached hydrogens (tertiary/aromatic N) is 3. The Morgan fingerprint density at radius 1 is 1.53 bits per heavy atom. The molecule has 0 aromatic carbocycles. The van der Waals surface area contributed by atoms with E-state index in [9.17, 15) is 0 Å². The summed E-state index contributed by atoms with van der Waals surface area (Å²) < 4.78 is 4.88. The lowest BCUT2D eigenvalue weighted by atomic mass is 10.2. The molecule has 0 radical (unpaired) electrons. The van der Waals surface area contributed by atoms with Gasteiger partial charge in [-0.05, 0) is 12.8 Å². The van der Waals surface area contributed by atoms with Crippen molar-refractivity contribution in [3.63, 3.8) is 0 Å². The van der Waals surface area contributed by atoms with Crippen molar-refractivity contribution in [3.8, 4) is 0 Å². The number of hydrogen-bond acceptors (Lipinski definition) is 5. The summed E-state index contributed by atoms with van der Waals surface area (Å²) in [6, 6.07) is 0.494. The molecular formula is C10H18N6O. The van der Waals surface area contributed by atoms with Gasteiger partial charge in [0.05, 0.1) is 6.54 Å². The summed E-state index contributed by atoms with van der Waals surface area (Å²) in [5.74, 6) is 6.64. The van der Waals surface area contributed by atoms with Gasteiger partial charge in [0.25, 0.3) is 0 Å². The van der Waals surface area contributed by atoms with Crippen LogP contribution in [0.3, 0.4) is 0 Å². The van der Waals surface area contributed by atoms with Crippen molar-refractivity contribution in [3.05, 3.63) is 12.2 Å². The summed E-state index contributed by atoms with van der Waals surface area (Å²) in [5, 5.41) is 6.83. The Balaban J connectivity index is 1.76. The molecule has 1 aliphatic carbocycles. The third kappa shape index (κ3) is 3.70. The van der Waals surface area contributed by atoms with Gasteiger partial charge in [-0.3, -0.25) is 10.4 Å². The zero-order chi connectivity index (χ0) is 11.9. The Bertz CT molecular complexity index is 344. The zero-order valence-electron chi connectivity index (χ0n) is 9.72. The fourth-order valence-corrected chi connectivity index (χ4v) is 1.97. The largest absolute Gasteiger partial charge is 0.353 e. The minimum absolute atomic E-state index is 0.494. The highest BCUT2D eigenvalue weighted by molar-refractivity contribution is 5.79. The fourth-order valence-electron chi connectivity index (χ4n) is 1.97. The summed E-state index contributed by atoms with van der Waals surface area (Å²) in [5.41, 5.74) is 2.58. The highest BCUT2D eigenvalue weighted by Crippen LogP contribution is 2.17. The Morgan fingerprint density at radius 3 is 3.00 bits per heavy atom. The number of nitrogens with one attached hydrogen (secondary N) is 2. The molecule has 0 saturated heterocycles. The van der Waals surface area contributed by atoms with Gasteiger partial charge < -0.3 is 9.84 Å². The van der Waals surface area contributed by atoms with Gasteiger partial charge in [-0.25, -0.2) is 5.84 Å². The first-order valence-corrected chi connectivity index (χ1v) is 5.91. The number of hydrogen-bond donors (Lipinski definition) is 3. The second-order valence-corrected chi connectivity index (χ2v) is 4.09. The van der Waals surface area contributed by atoms with Crippen LogP contribution >= 0.6 is 0 Å². The van der Waals surface area contributed by atoms with Crippen molar-refractivity contribution < 1.29 is 4.52 Å². The van der Waals surface area contributed by atoms with E-state index in [1.807, 2.05) is 0 Å². The molecule has 17 heavy (non-hydrogen) atoms. The van der Waals surface area contributed by atoms with E-state index < -0.39 is 0 Å². The summed E-state index contributed by atoms with van der Waals surface area (Å²) in [4.78, 5) is 8.25. The second kappa shape index (κ2) is 6.19. The quantitative estimate of drug-likeness (QED) is 0.294. The summed E-state index contributed by atoms with van der Waals surface area (Å²) in [6.45, 7) is 0.571. The van der Waals surface area contributed by atoms with Gasteiger partial charge in [0.15, 0.2) is 6.33 Å². The molecular weight excluding hydrogens is 220 g/mol. The van der Waals surface area contributed by atoms with Gasteiger partial charge in [0, 0.05) is 12.5 Å². The Hall–Kier alpha value is -1.63. The third-order valence-corrected chi connectivity index (χ3v) is 2.84. The van der Waals surface area contributed by atoms with E-state index in [4.69, 9.17) is 10.4 Å². The van der Waals surface area contributed by atoms with E-state index in [0.29, 0.717) is 30.9 Å². The predicted octanol–water partition coefficient (Wildman–Crippen LogP) is -0.0364. The van der Waals surface area contributed by atoms with Crippen LogP contribution in [0.5, 0.6) is 0 Å². The number of nitrogens with two attached hydrogens (primary N) is 1. The molecule has 0 amide bonds. The molecule has 1 aliphatic rings. The maximum Gasteiger partial charge on any atom is 0.228 e. The molecule has 7 heteroatoms. The van der Waals surface area contributed by atoms with Crippen LogP contribution < -0.4 is 16.6 Å². The average Bonchev–Trinajstić information content (AvgIpc) is 3.00. The summed E-state index contributed by atoms with van der Waals surface area (Å²) >= 11 is 0. The first-order valence-electron chi connectivity index (χ1n) is 5.91. The van der Waals surface area contributed by atoms with Crippen LogP contribution in [0, 0.1) is 0 Å². The first-order chi connectivity index (χ1) is 8.38. The molecule has 1 heterocycles. The normalized spacial score (nSPS) is 17.4. The molecule has 1 saturated carbocycles. The molecule has 7 nitrogen and oxygen atoms in total. The van der Waals surface area contributed by atoms with Crippen LogP contribution in [0.15, 0.2) is 15.8 Å². The van der Waals surface area contributed by atoms with E-state index in [0.717, 1.165) is 0 Å². The molecule has 1 fully saturated rings.